The fourth-order valence-corrected chi connectivity index (χ4v) is 3.30. The molecule has 36 heavy (non-hydrogen) atoms. The summed E-state index contributed by atoms with van der Waals surface area (Å²) in [5.74, 6) is -3.55. The van der Waals surface area contributed by atoms with Crippen molar-refractivity contribution in [2.75, 3.05) is 13.2 Å². The number of aliphatic carboxylic acids is 1. The Balaban J connectivity index is 2.08. The number of aliphatic hydroxyl groups is 1. The second-order valence-corrected chi connectivity index (χ2v) is 8.16. The molecule has 2 aromatic heterocycles. The number of nitrogens with zero attached hydrogens (tertiary/aromatic N) is 2. The number of carbonyl (C=O) groups is 4. The molecule has 0 radical (unpaired) electrons. The molecule has 0 saturated heterocycles. The zero-order chi connectivity index (χ0) is 26.5. The lowest BCUT2D eigenvalue weighted by Gasteiger charge is -2.24. The molecule has 2 aromatic rings. The normalized spacial score (nSPS) is 14.3. The van der Waals surface area contributed by atoms with Gasteiger partial charge in [-0.15, -0.1) is 0 Å². The second-order valence-electron chi connectivity index (χ2n) is 8.16. The van der Waals surface area contributed by atoms with Crippen molar-refractivity contribution in [3.8, 4) is 0 Å². The van der Waals surface area contributed by atoms with Gasteiger partial charge in [0, 0.05) is 36.6 Å². The predicted octanol–water partition coefficient (Wildman–Crippen LogP) is -3.09. The maximum Gasteiger partial charge on any atom is 0.326 e. The Morgan fingerprint density at radius 1 is 0.861 bits per heavy atom. The van der Waals surface area contributed by atoms with E-state index in [1.807, 2.05) is 0 Å². The van der Waals surface area contributed by atoms with Gasteiger partial charge in [-0.05, 0) is 19.4 Å². The molecule has 0 bridgehead atoms. The van der Waals surface area contributed by atoms with E-state index in [9.17, 15) is 29.4 Å². The second kappa shape index (κ2) is 14.6. The van der Waals surface area contributed by atoms with Crippen LogP contribution < -0.4 is 27.4 Å². The summed E-state index contributed by atoms with van der Waals surface area (Å²) in [5, 5.41) is 26.5. The number of nitrogens with two attached hydrogens (primary N) is 2. The van der Waals surface area contributed by atoms with Crippen LogP contribution in [-0.2, 0) is 32.0 Å². The van der Waals surface area contributed by atoms with E-state index < -0.39 is 54.5 Å². The molecule has 0 aliphatic carbocycles. The number of hydrogen-bond acceptors (Lipinski definition) is 9. The number of imidazole rings is 2. The van der Waals surface area contributed by atoms with Gasteiger partial charge in [-0.1, -0.05) is 6.42 Å². The van der Waals surface area contributed by atoms with Gasteiger partial charge >= 0.3 is 5.97 Å². The number of rotatable bonds is 16. The molecule has 15 heteroatoms. The van der Waals surface area contributed by atoms with Crippen LogP contribution in [0.15, 0.2) is 25.0 Å². The molecule has 4 atom stereocenters. The third kappa shape index (κ3) is 9.09. The molecule has 0 aromatic carbocycles. The van der Waals surface area contributed by atoms with E-state index in [0.717, 1.165) is 0 Å². The monoisotopic (exact) mass is 507 g/mol. The smallest absolute Gasteiger partial charge is 0.326 e. The number of carboxylic acid groups (broad SMARTS) is 1. The molecule has 3 amide bonds. The van der Waals surface area contributed by atoms with Gasteiger partial charge in [0.05, 0.1) is 25.3 Å². The highest BCUT2D eigenvalue weighted by Crippen LogP contribution is 2.04. The van der Waals surface area contributed by atoms with E-state index in [0.29, 0.717) is 37.2 Å². The molecular weight excluding hydrogens is 474 g/mol. The number of aromatic nitrogens is 4. The minimum absolute atomic E-state index is 0.0569. The van der Waals surface area contributed by atoms with Gasteiger partial charge in [-0.2, -0.15) is 0 Å². The van der Waals surface area contributed by atoms with E-state index in [-0.39, 0.29) is 12.8 Å². The van der Waals surface area contributed by atoms with Crippen molar-refractivity contribution >= 4 is 23.7 Å². The number of aromatic amines is 2. The topological polar surface area (TPSA) is 254 Å². The number of H-pyrrole nitrogens is 2. The van der Waals surface area contributed by atoms with E-state index in [1.54, 1.807) is 0 Å². The maximum absolute atomic E-state index is 13.0. The van der Waals surface area contributed by atoms with E-state index in [2.05, 4.69) is 35.9 Å². The van der Waals surface area contributed by atoms with Crippen LogP contribution >= 0.6 is 0 Å². The van der Waals surface area contributed by atoms with Crippen LogP contribution in [0.5, 0.6) is 0 Å². The van der Waals surface area contributed by atoms with Crippen molar-refractivity contribution in [2.24, 2.45) is 11.5 Å². The molecule has 0 fully saturated rings. The third-order valence-electron chi connectivity index (χ3n) is 5.33. The minimum Gasteiger partial charge on any atom is -0.480 e. The Bertz CT molecular complexity index is 967. The fraction of sp³-hybridized carbons (Fsp3) is 0.524. The molecule has 2 rings (SSSR count). The molecule has 0 spiro atoms. The van der Waals surface area contributed by atoms with Gasteiger partial charge in [-0.25, -0.2) is 14.8 Å². The first-order chi connectivity index (χ1) is 17.2. The average molecular weight is 508 g/mol. The van der Waals surface area contributed by atoms with Crippen molar-refractivity contribution in [3.05, 3.63) is 36.4 Å². The van der Waals surface area contributed by atoms with Crippen LogP contribution in [0.2, 0.25) is 0 Å². The lowest BCUT2D eigenvalue weighted by Crippen LogP contribution is -2.58. The fourth-order valence-electron chi connectivity index (χ4n) is 3.30. The number of hydrogen-bond donors (Lipinski definition) is 9. The first-order valence-electron chi connectivity index (χ1n) is 11.4. The lowest BCUT2D eigenvalue weighted by atomic mass is 10.1. The number of unbranched alkanes of at least 4 members (excludes halogenated alkanes) is 1. The van der Waals surface area contributed by atoms with Gasteiger partial charge in [0.2, 0.25) is 17.7 Å². The van der Waals surface area contributed by atoms with E-state index >= 15 is 0 Å². The van der Waals surface area contributed by atoms with Gasteiger partial charge in [0.25, 0.3) is 0 Å². The van der Waals surface area contributed by atoms with Gasteiger partial charge < -0.3 is 47.6 Å². The largest absolute Gasteiger partial charge is 0.480 e. The Kier molecular flexibility index (Phi) is 11.5. The highest BCUT2D eigenvalue weighted by molar-refractivity contribution is 5.94. The summed E-state index contributed by atoms with van der Waals surface area (Å²) in [6.45, 7) is -0.288. The van der Waals surface area contributed by atoms with Crippen molar-refractivity contribution in [3.63, 3.8) is 0 Å². The van der Waals surface area contributed by atoms with E-state index in [1.165, 1.54) is 25.0 Å². The zero-order valence-corrected chi connectivity index (χ0v) is 19.6. The Morgan fingerprint density at radius 3 is 1.89 bits per heavy atom. The first kappa shape index (κ1) is 28.4. The lowest BCUT2D eigenvalue weighted by molar-refractivity contribution is -0.142. The Hall–Kier alpha value is -3.82. The molecule has 0 aliphatic rings. The third-order valence-corrected chi connectivity index (χ3v) is 5.33. The number of amides is 3. The van der Waals surface area contributed by atoms with E-state index in [4.69, 9.17) is 11.5 Å². The van der Waals surface area contributed by atoms with Gasteiger partial charge in [0.1, 0.15) is 18.1 Å². The Labute approximate surface area is 206 Å². The summed E-state index contributed by atoms with van der Waals surface area (Å²) in [6.07, 6.45) is 7.17. The summed E-state index contributed by atoms with van der Waals surface area (Å²) in [5.41, 5.74) is 12.2. The number of carbonyl (C=O) groups excluding carboxylic acids is 3. The van der Waals surface area contributed by atoms with Crippen LogP contribution in [0.3, 0.4) is 0 Å². The molecule has 11 N–H and O–H groups in total. The standard InChI is InChI=1S/C21H33N9O6/c22-4-2-1-3-14(23)18(32)30-17(9-31)20(34)28-15(5-12-7-24-10-26-12)19(33)29-16(21(35)36)6-13-8-25-11-27-13/h7-8,10-11,14-17,31H,1-6,9,22-23H2,(H,24,26)(H,25,27)(H,28,34)(H,29,33)(H,30,32)(H,35,36). The molecular formula is C21H33N9O6. The molecule has 2 heterocycles. The average Bonchev–Trinajstić information content (AvgIpc) is 3.55. The Morgan fingerprint density at radius 2 is 1.39 bits per heavy atom. The minimum atomic E-state index is -1.38. The van der Waals surface area contributed by atoms with Crippen LogP contribution in [0.25, 0.3) is 0 Å². The van der Waals surface area contributed by atoms with Crippen LogP contribution in [0.4, 0.5) is 0 Å². The SMILES string of the molecule is NCCCCC(N)C(=O)NC(CO)C(=O)NC(Cc1cnc[nH]1)C(=O)NC(Cc1cnc[nH]1)C(=O)O. The highest BCUT2D eigenvalue weighted by atomic mass is 16.4. The predicted molar refractivity (Wildman–Crippen MR) is 126 cm³/mol. The summed E-state index contributed by atoms with van der Waals surface area (Å²) >= 11 is 0. The van der Waals surface area contributed by atoms with Crippen molar-refractivity contribution in [2.45, 2.75) is 56.3 Å². The zero-order valence-electron chi connectivity index (χ0n) is 19.6. The number of nitrogens with one attached hydrogen (secondary N) is 5. The summed E-state index contributed by atoms with van der Waals surface area (Å²) < 4.78 is 0. The molecule has 15 nitrogen and oxygen atoms in total. The summed E-state index contributed by atoms with van der Waals surface area (Å²) in [7, 11) is 0. The number of carboxylic acids is 1. The maximum atomic E-state index is 13.0. The van der Waals surface area contributed by atoms with Crippen LogP contribution in [-0.4, -0.2) is 91.2 Å². The van der Waals surface area contributed by atoms with Crippen molar-refractivity contribution in [1.29, 1.82) is 0 Å². The summed E-state index contributed by atoms with van der Waals surface area (Å²) in [4.78, 5) is 63.1. The highest BCUT2D eigenvalue weighted by Gasteiger charge is 2.30. The molecule has 198 valence electrons. The summed E-state index contributed by atoms with van der Waals surface area (Å²) in [6, 6.07) is -4.83. The quantitative estimate of drug-likeness (QED) is 0.103. The first-order valence-corrected chi connectivity index (χ1v) is 11.4. The molecule has 0 saturated carbocycles. The van der Waals surface area contributed by atoms with Crippen LogP contribution in [0, 0.1) is 0 Å². The number of aliphatic hydroxyl groups excluding tert-OH is 1. The van der Waals surface area contributed by atoms with Crippen molar-refractivity contribution in [1.82, 2.24) is 35.9 Å². The molecule has 0 aliphatic heterocycles. The van der Waals surface area contributed by atoms with Gasteiger partial charge in [0.15, 0.2) is 0 Å². The molecule has 4 unspecified atom stereocenters. The van der Waals surface area contributed by atoms with Crippen LogP contribution in [0.1, 0.15) is 30.7 Å². The van der Waals surface area contributed by atoms with Crippen molar-refractivity contribution < 1.29 is 29.4 Å². The van der Waals surface area contributed by atoms with Gasteiger partial charge in [-0.3, -0.25) is 14.4 Å².